The number of hydrogen-bond acceptors (Lipinski definition) is 5. The highest BCUT2D eigenvalue weighted by Gasteiger charge is 2.36. The molecule has 6 heteroatoms. The number of likely N-dealkylation sites (tertiary alicyclic amines) is 1. The van der Waals surface area contributed by atoms with Crippen LogP contribution in [0.4, 0.5) is 0 Å². The minimum atomic E-state index is -0.578. The molecule has 0 unspecified atom stereocenters. The summed E-state index contributed by atoms with van der Waals surface area (Å²) in [4.78, 5) is 19.3. The highest BCUT2D eigenvalue weighted by atomic mass is 32.1. The van der Waals surface area contributed by atoms with Gasteiger partial charge in [-0.1, -0.05) is 12.1 Å². The van der Waals surface area contributed by atoms with Crippen LogP contribution in [0.25, 0.3) is 0 Å². The second-order valence-electron chi connectivity index (χ2n) is 5.78. The first-order valence-electron chi connectivity index (χ1n) is 7.91. The van der Waals surface area contributed by atoms with E-state index in [9.17, 15) is 4.79 Å². The number of aromatic nitrogens is 1. The van der Waals surface area contributed by atoms with Crippen LogP contribution < -0.4 is 9.47 Å². The summed E-state index contributed by atoms with van der Waals surface area (Å²) >= 11 is 1.61. The van der Waals surface area contributed by atoms with Crippen molar-refractivity contribution in [3.05, 3.63) is 40.8 Å². The van der Waals surface area contributed by atoms with E-state index in [2.05, 4.69) is 4.98 Å². The molecular formula is C17H18N2O3S. The van der Waals surface area contributed by atoms with Crippen LogP contribution in [0.15, 0.2) is 35.8 Å². The van der Waals surface area contributed by atoms with E-state index < -0.39 is 6.10 Å². The Bertz CT molecular complexity index is 689. The topological polar surface area (TPSA) is 51.7 Å². The quantitative estimate of drug-likeness (QED) is 0.849. The molecule has 0 saturated carbocycles. The molecule has 2 atom stereocenters. The van der Waals surface area contributed by atoms with E-state index in [1.54, 1.807) is 17.5 Å². The van der Waals surface area contributed by atoms with E-state index >= 15 is 0 Å². The fourth-order valence-electron chi connectivity index (χ4n) is 3.18. The van der Waals surface area contributed by atoms with Crippen molar-refractivity contribution in [2.75, 3.05) is 13.2 Å². The summed E-state index contributed by atoms with van der Waals surface area (Å²) in [7, 11) is 0. The molecule has 4 rings (SSSR count). The smallest absolute Gasteiger partial charge is 0.267 e. The van der Waals surface area contributed by atoms with Gasteiger partial charge in [0.05, 0.1) is 6.04 Å². The molecular weight excluding hydrogens is 312 g/mol. The average molecular weight is 330 g/mol. The Labute approximate surface area is 138 Å². The zero-order chi connectivity index (χ0) is 15.6. The van der Waals surface area contributed by atoms with Gasteiger partial charge in [0.2, 0.25) is 6.10 Å². The Balaban J connectivity index is 1.54. The van der Waals surface area contributed by atoms with Crippen molar-refractivity contribution in [2.45, 2.75) is 31.4 Å². The molecule has 2 aliphatic heterocycles. The van der Waals surface area contributed by atoms with Crippen LogP contribution in [0, 0.1) is 0 Å². The Morgan fingerprint density at radius 3 is 2.96 bits per heavy atom. The van der Waals surface area contributed by atoms with Gasteiger partial charge in [0.1, 0.15) is 11.6 Å². The third-order valence-corrected chi connectivity index (χ3v) is 5.18. The predicted octanol–water partition coefficient (Wildman–Crippen LogP) is 3.04. The number of carbonyl (C=O) groups excluding carboxylic acids is 1. The van der Waals surface area contributed by atoms with Crippen LogP contribution in [-0.4, -0.2) is 35.0 Å². The Hall–Kier alpha value is -2.08. The van der Waals surface area contributed by atoms with Gasteiger partial charge in [-0.15, -0.1) is 11.3 Å². The van der Waals surface area contributed by atoms with Crippen LogP contribution in [0.3, 0.4) is 0 Å². The predicted molar refractivity (Wildman–Crippen MR) is 86.8 cm³/mol. The first-order chi connectivity index (χ1) is 11.3. The fraction of sp³-hybridized carbons (Fsp3) is 0.412. The van der Waals surface area contributed by atoms with E-state index in [0.29, 0.717) is 11.5 Å². The molecule has 0 aliphatic carbocycles. The summed E-state index contributed by atoms with van der Waals surface area (Å²) < 4.78 is 11.6. The molecule has 2 aliphatic rings. The van der Waals surface area contributed by atoms with Gasteiger partial charge >= 0.3 is 0 Å². The van der Waals surface area contributed by atoms with Crippen molar-refractivity contribution >= 4 is 17.2 Å². The molecule has 0 spiro atoms. The number of piperidine rings is 1. The number of benzene rings is 1. The van der Waals surface area contributed by atoms with Crippen molar-refractivity contribution in [3.63, 3.8) is 0 Å². The molecule has 1 fully saturated rings. The molecule has 1 saturated heterocycles. The lowest BCUT2D eigenvalue weighted by atomic mass is 10.0. The maximum atomic E-state index is 13.0. The summed E-state index contributed by atoms with van der Waals surface area (Å²) in [6.07, 6.45) is 4.33. The molecule has 1 aromatic heterocycles. The Morgan fingerprint density at radius 1 is 1.26 bits per heavy atom. The zero-order valence-electron chi connectivity index (χ0n) is 12.7. The third kappa shape index (κ3) is 2.79. The van der Waals surface area contributed by atoms with Crippen LogP contribution in [-0.2, 0) is 4.79 Å². The molecule has 1 amide bonds. The van der Waals surface area contributed by atoms with E-state index in [4.69, 9.17) is 9.47 Å². The lowest BCUT2D eigenvalue weighted by Crippen LogP contribution is -2.49. The highest BCUT2D eigenvalue weighted by Crippen LogP contribution is 2.35. The minimum absolute atomic E-state index is 0.000553. The normalized spacial score (nSPS) is 23.6. The number of fused-ring (bicyclic) bond motifs is 1. The maximum Gasteiger partial charge on any atom is 0.267 e. The van der Waals surface area contributed by atoms with Gasteiger partial charge in [-0.05, 0) is 31.4 Å². The van der Waals surface area contributed by atoms with Gasteiger partial charge < -0.3 is 14.4 Å². The van der Waals surface area contributed by atoms with Crippen LogP contribution >= 0.6 is 11.3 Å². The fourth-order valence-corrected chi connectivity index (χ4v) is 3.96. The van der Waals surface area contributed by atoms with Gasteiger partial charge in [0, 0.05) is 18.1 Å². The lowest BCUT2D eigenvalue weighted by molar-refractivity contribution is -0.145. The van der Waals surface area contributed by atoms with Gasteiger partial charge in [0.25, 0.3) is 5.91 Å². The summed E-state index contributed by atoms with van der Waals surface area (Å²) in [6, 6.07) is 7.54. The first-order valence-corrected chi connectivity index (χ1v) is 8.79. The summed E-state index contributed by atoms with van der Waals surface area (Å²) in [5.74, 6) is 1.34. The number of amides is 1. The van der Waals surface area contributed by atoms with E-state index in [-0.39, 0.29) is 18.6 Å². The average Bonchev–Trinajstić information content (AvgIpc) is 3.15. The zero-order valence-corrected chi connectivity index (χ0v) is 13.5. The summed E-state index contributed by atoms with van der Waals surface area (Å²) in [5.41, 5.74) is 0. The maximum absolute atomic E-state index is 13.0. The van der Waals surface area contributed by atoms with Crippen LogP contribution in [0.1, 0.15) is 30.3 Å². The van der Waals surface area contributed by atoms with Crippen molar-refractivity contribution in [3.8, 4) is 11.5 Å². The molecule has 3 heterocycles. The van der Waals surface area contributed by atoms with Crippen LogP contribution in [0.5, 0.6) is 11.5 Å². The van der Waals surface area contributed by atoms with E-state index in [1.807, 2.05) is 34.5 Å². The largest absolute Gasteiger partial charge is 0.485 e. The molecule has 0 bridgehead atoms. The number of carbonyl (C=O) groups is 1. The van der Waals surface area contributed by atoms with Gasteiger partial charge in [0.15, 0.2) is 11.5 Å². The van der Waals surface area contributed by atoms with Gasteiger partial charge in [-0.3, -0.25) is 4.79 Å². The number of rotatable bonds is 2. The minimum Gasteiger partial charge on any atom is -0.485 e. The monoisotopic (exact) mass is 330 g/mol. The number of thiazole rings is 1. The third-order valence-electron chi connectivity index (χ3n) is 4.31. The SMILES string of the molecule is O=C([C@@H]1COc2ccccc2O1)N1CCCC[C@@H]1c1nccs1. The molecule has 1 aromatic carbocycles. The Morgan fingerprint density at radius 2 is 2.13 bits per heavy atom. The molecule has 120 valence electrons. The van der Waals surface area contributed by atoms with E-state index in [1.165, 1.54) is 0 Å². The lowest BCUT2D eigenvalue weighted by Gasteiger charge is -2.37. The number of para-hydroxylation sites is 2. The molecule has 5 nitrogen and oxygen atoms in total. The van der Waals surface area contributed by atoms with Crippen molar-refractivity contribution in [2.24, 2.45) is 0 Å². The second-order valence-corrected chi connectivity index (χ2v) is 6.70. The van der Waals surface area contributed by atoms with Gasteiger partial charge in [-0.25, -0.2) is 4.98 Å². The number of nitrogens with zero attached hydrogens (tertiary/aromatic N) is 2. The summed E-state index contributed by atoms with van der Waals surface area (Å²) in [6.45, 7) is 1.02. The second kappa shape index (κ2) is 6.20. The van der Waals surface area contributed by atoms with Crippen molar-refractivity contribution < 1.29 is 14.3 Å². The van der Waals surface area contributed by atoms with Crippen molar-refractivity contribution in [1.29, 1.82) is 0 Å². The molecule has 0 radical (unpaired) electrons. The Kier molecular flexibility index (Phi) is 3.91. The molecule has 2 aromatic rings. The number of hydrogen-bond donors (Lipinski definition) is 0. The van der Waals surface area contributed by atoms with E-state index in [0.717, 1.165) is 30.8 Å². The molecule has 0 N–H and O–H groups in total. The highest BCUT2D eigenvalue weighted by molar-refractivity contribution is 7.09. The van der Waals surface area contributed by atoms with Gasteiger partial charge in [-0.2, -0.15) is 0 Å². The van der Waals surface area contributed by atoms with Crippen molar-refractivity contribution in [1.82, 2.24) is 9.88 Å². The first kappa shape index (κ1) is 14.5. The standard InChI is InChI=1S/C17H18N2O3S/c20-17(15-11-21-13-6-1-2-7-14(13)22-15)19-9-4-3-5-12(19)16-18-8-10-23-16/h1-2,6-8,10,12,15H,3-5,9,11H2/t12-,15+/m1/s1. The van der Waals surface area contributed by atoms with Crippen LogP contribution in [0.2, 0.25) is 0 Å². The number of ether oxygens (including phenoxy) is 2. The summed E-state index contributed by atoms with van der Waals surface area (Å²) in [5, 5.41) is 2.97. The molecule has 23 heavy (non-hydrogen) atoms.